The zero-order valence-corrected chi connectivity index (χ0v) is 12.0. The number of alkyl halides is 1. The van der Waals surface area contributed by atoms with Gasteiger partial charge in [-0.1, -0.05) is 28.0 Å². The second-order valence-electron chi connectivity index (χ2n) is 4.47. The average Bonchev–Trinajstić information content (AvgIpc) is 2.97. The summed E-state index contributed by atoms with van der Waals surface area (Å²) in [5.41, 5.74) is -0.295. The van der Waals surface area contributed by atoms with Crippen molar-refractivity contribution in [1.82, 2.24) is 10.1 Å². The van der Waals surface area contributed by atoms with Crippen molar-refractivity contribution in [2.75, 3.05) is 6.61 Å². The summed E-state index contributed by atoms with van der Waals surface area (Å²) in [5.74, 6) is 1.39. The van der Waals surface area contributed by atoms with Crippen LogP contribution in [0.5, 0.6) is 0 Å². The molecule has 0 amide bonds. The van der Waals surface area contributed by atoms with Crippen molar-refractivity contribution in [3.8, 4) is 0 Å². The summed E-state index contributed by atoms with van der Waals surface area (Å²) in [6, 6.07) is 0. The van der Waals surface area contributed by atoms with Crippen LogP contribution in [0.4, 0.5) is 0 Å². The van der Waals surface area contributed by atoms with E-state index in [1.165, 1.54) is 12.8 Å². The molecule has 0 bridgehead atoms. The van der Waals surface area contributed by atoms with Gasteiger partial charge < -0.3 is 9.26 Å². The van der Waals surface area contributed by atoms with Crippen molar-refractivity contribution in [2.24, 2.45) is 0 Å². The molecule has 1 fully saturated rings. The predicted octanol–water partition coefficient (Wildman–Crippen LogP) is 3.72. The summed E-state index contributed by atoms with van der Waals surface area (Å²) in [5, 5.41) is 4.12. The zero-order chi connectivity index (χ0) is 12.3. The molecule has 2 rings (SSSR count). The van der Waals surface area contributed by atoms with E-state index in [9.17, 15) is 0 Å². The SMILES string of the molecule is CCOC1(c2noc(C(Br)CC)n2)CCCC1. The fourth-order valence-electron chi connectivity index (χ4n) is 2.38. The van der Waals surface area contributed by atoms with E-state index in [1.807, 2.05) is 6.92 Å². The maximum Gasteiger partial charge on any atom is 0.240 e. The minimum absolute atomic E-state index is 0.142. The molecule has 0 radical (unpaired) electrons. The second kappa shape index (κ2) is 5.48. The van der Waals surface area contributed by atoms with Gasteiger partial charge in [-0.25, -0.2) is 0 Å². The Hall–Kier alpha value is -0.420. The number of aromatic nitrogens is 2. The molecule has 96 valence electrons. The highest BCUT2D eigenvalue weighted by Gasteiger charge is 2.41. The molecule has 1 aliphatic rings. The molecule has 0 aromatic carbocycles. The molecule has 1 aromatic rings. The standard InChI is InChI=1S/C12H19BrN2O2/c1-3-9(13)10-14-11(15-17-10)12(16-4-2)7-5-6-8-12/h9H,3-8H2,1-2H3. The molecule has 0 aliphatic heterocycles. The first-order chi connectivity index (χ1) is 8.22. The summed E-state index contributed by atoms with van der Waals surface area (Å²) in [4.78, 5) is 4.65. The lowest BCUT2D eigenvalue weighted by atomic mass is 10.0. The predicted molar refractivity (Wildman–Crippen MR) is 68.0 cm³/mol. The smallest absolute Gasteiger partial charge is 0.240 e. The summed E-state index contributed by atoms with van der Waals surface area (Å²) in [7, 11) is 0. The van der Waals surface area contributed by atoms with Crippen LogP contribution in [-0.4, -0.2) is 16.7 Å². The van der Waals surface area contributed by atoms with Gasteiger partial charge in [-0.2, -0.15) is 4.98 Å². The molecule has 1 atom stereocenters. The van der Waals surface area contributed by atoms with E-state index in [2.05, 4.69) is 33.0 Å². The minimum Gasteiger partial charge on any atom is -0.367 e. The third-order valence-corrected chi connectivity index (χ3v) is 4.35. The van der Waals surface area contributed by atoms with Gasteiger partial charge in [-0.15, -0.1) is 0 Å². The third kappa shape index (κ3) is 2.55. The topological polar surface area (TPSA) is 48.2 Å². The lowest BCUT2D eigenvalue weighted by Gasteiger charge is -2.24. The summed E-state index contributed by atoms with van der Waals surface area (Å²) in [6.45, 7) is 4.78. The first kappa shape index (κ1) is 13.0. The Morgan fingerprint density at radius 1 is 1.41 bits per heavy atom. The van der Waals surface area contributed by atoms with E-state index in [4.69, 9.17) is 9.26 Å². The van der Waals surface area contributed by atoms with Gasteiger partial charge in [0.1, 0.15) is 5.60 Å². The largest absolute Gasteiger partial charge is 0.367 e. The van der Waals surface area contributed by atoms with Gasteiger partial charge in [0.05, 0.1) is 4.83 Å². The van der Waals surface area contributed by atoms with Gasteiger partial charge in [0, 0.05) is 6.61 Å². The van der Waals surface area contributed by atoms with Gasteiger partial charge in [-0.3, -0.25) is 0 Å². The van der Waals surface area contributed by atoms with Crippen LogP contribution in [-0.2, 0) is 10.3 Å². The highest BCUT2D eigenvalue weighted by atomic mass is 79.9. The maximum absolute atomic E-state index is 5.90. The van der Waals surface area contributed by atoms with Crippen LogP contribution in [0.1, 0.15) is 62.5 Å². The Morgan fingerprint density at radius 2 is 2.12 bits per heavy atom. The molecular formula is C12H19BrN2O2. The Balaban J connectivity index is 2.22. The van der Waals surface area contributed by atoms with E-state index in [0.717, 1.165) is 25.1 Å². The molecule has 0 N–H and O–H groups in total. The van der Waals surface area contributed by atoms with E-state index < -0.39 is 0 Å². The average molecular weight is 303 g/mol. The van der Waals surface area contributed by atoms with E-state index in [1.54, 1.807) is 0 Å². The fourth-order valence-corrected chi connectivity index (χ4v) is 2.56. The van der Waals surface area contributed by atoms with Crippen LogP contribution in [0.3, 0.4) is 0 Å². The Morgan fingerprint density at radius 3 is 2.71 bits per heavy atom. The van der Waals surface area contributed by atoms with Crippen LogP contribution >= 0.6 is 15.9 Å². The second-order valence-corrected chi connectivity index (χ2v) is 5.57. The monoisotopic (exact) mass is 302 g/mol. The molecule has 1 unspecified atom stereocenters. The van der Waals surface area contributed by atoms with Gasteiger partial charge in [0.25, 0.3) is 0 Å². The number of halogens is 1. The molecule has 1 aliphatic carbocycles. The summed E-state index contributed by atoms with van der Waals surface area (Å²) < 4.78 is 11.2. The third-order valence-electron chi connectivity index (χ3n) is 3.31. The van der Waals surface area contributed by atoms with Crippen LogP contribution in [0.2, 0.25) is 0 Å². The van der Waals surface area contributed by atoms with E-state index in [0.29, 0.717) is 12.5 Å². The molecule has 17 heavy (non-hydrogen) atoms. The molecule has 1 heterocycles. The Kier molecular flexibility index (Phi) is 4.20. The number of nitrogens with zero attached hydrogens (tertiary/aromatic N) is 2. The molecule has 0 saturated heterocycles. The van der Waals surface area contributed by atoms with Crippen LogP contribution in [0, 0.1) is 0 Å². The van der Waals surface area contributed by atoms with Crippen molar-refractivity contribution in [3.63, 3.8) is 0 Å². The summed E-state index contributed by atoms with van der Waals surface area (Å²) >= 11 is 3.53. The number of hydrogen-bond donors (Lipinski definition) is 0. The highest BCUT2D eigenvalue weighted by Crippen LogP contribution is 2.41. The normalized spacial score (nSPS) is 20.6. The lowest BCUT2D eigenvalue weighted by molar-refractivity contribution is -0.0469. The van der Waals surface area contributed by atoms with Crippen molar-refractivity contribution in [3.05, 3.63) is 11.7 Å². The minimum atomic E-state index is -0.295. The number of ether oxygens (including phenoxy) is 1. The Bertz CT molecular complexity index is 361. The number of hydrogen-bond acceptors (Lipinski definition) is 4. The van der Waals surface area contributed by atoms with E-state index >= 15 is 0 Å². The number of rotatable bonds is 5. The van der Waals surface area contributed by atoms with Crippen molar-refractivity contribution in [1.29, 1.82) is 0 Å². The van der Waals surface area contributed by atoms with Gasteiger partial charge in [0.2, 0.25) is 11.7 Å². The first-order valence-corrected chi connectivity index (χ1v) is 7.25. The van der Waals surface area contributed by atoms with Crippen molar-refractivity contribution < 1.29 is 9.26 Å². The zero-order valence-electron chi connectivity index (χ0n) is 10.4. The molecule has 5 heteroatoms. The van der Waals surface area contributed by atoms with Crippen LogP contribution in [0.15, 0.2) is 4.52 Å². The van der Waals surface area contributed by atoms with Crippen molar-refractivity contribution >= 4 is 15.9 Å². The van der Waals surface area contributed by atoms with Crippen LogP contribution in [0.25, 0.3) is 0 Å². The quantitative estimate of drug-likeness (QED) is 0.778. The highest BCUT2D eigenvalue weighted by molar-refractivity contribution is 9.09. The van der Waals surface area contributed by atoms with Gasteiger partial charge >= 0.3 is 0 Å². The Labute approximate surface area is 110 Å². The molecule has 1 aromatic heterocycles. The van der Waals surface area contributed by atoms with Crippen molar-refractivity contribution in [2.45, 2.75) is 56.4 Å². The van der Waals surface area contributed by atoms with Crippen LogP contribution < -0.4 is 0 Å². The van der Waals surface area contributed by atoms with E-state index in [-0.39, 0.29) is 10.4 Å². The molecule has 4 nitrogen and oxygen atoms in total. The molecule has 1 saturated carbocycles. The first-order valence-electron chi connectivity index (χ1n) is 6.34. The molecule has 0 spiro atoms. The summed E-state index contributed by atoms with van der Waals surface area (Å²) in [6.07, 6.45) is 5.28. The lowest BCUT2D eigenvalue weighted by Crippen LogP contribution is -2.27. The fraction of sp³-hybridized carbons (Fsp3) is 0.833. The van der Waals surface area contributed by atoms with Gasteiger partial charge in [0.15, 0.2) is 0 Å². The molecular weight excluding hydrogens is 284 g/mol. The maximum atomic E-state index is 5.90. The van der Waals surface area contributed by atoms with Gasteiger partial charge in [-0.05, 0) is 39.0 Å².